The fourth-order valence-electron chi connectivity index (χ4n) is 2.74. The number of hydrogen-bond donors (Lipinski definition) is 1. The predicted octanol–water partition coefficient (Wildman–Crippen LogP) is 2.02. The average Bonchev–Trinajstić information content (AvgIpc) is 2.92. The van der Waals surface area contributed by atoms with Crippen molar-refractivity contribution in [1.82, 2.24) is 19.1 Å². The van der Waals surface area contributed by atoms with Gasteiger partial charge in [0, 0.05) is 12.6 Å². The highest BCUT2D eigenvalue weighted by Gasteiger charge is 2.26. The first kappa shape index (κ1) is 16.4. The normalized spacial score (nSPS) is 12.5. The summed E-state index contributed by atoms with van der Waals surface area (Å²) in [4.78, 5) is 43.4. The molecule has 7 nitrogen and oxygen atoms in total. The minimum atomic E-state index is -0.606. The zero-order chi connectivity index (χ0) is 17.4. The Morgan fingerprint density at radius 3 is 2.58 bits per heavy atom. The Balaban J connectivity index is 2.26. The van der Waals surface area contributed by atoms with Crippen LogP contribution in [-0.4, -0.2) is 24.9 Å². The first-order valence-corrected chi connectivity index (χ1v) is 8.21. The monoisotopic (exact) mass is 390 g/mol. The molecule has 0 unspecified atom stereocenters. The van der Waals surface area contributed by atoms with Gasteiger partial charge in [0.25, 0.3) is 5.56 Å². The molecule has 0 aliphatic carbocycles. The molecule has 1 atom stereocenters. The van der Waals surface area contributed by atoms with Gasteiger partial charge in [0.1, 0.15) is 0 Å². The molecule has 0 fully saturated rings. The summed E-state index contributed by atoms with van der Waals surface area (Å²) in [5.74, 6) is -0.119. The summed E-state index contributed by atoms with van der Waals surface area (Å²) in [5.41, 5.74) is -0.132. The molecule has 3 rings (SSSR count). The summed E-state index contributed by atoms with van der Waals surface area (Å²) in [5, 5.41) is 0. The van der Waals surface area contributed by atoms with Crippen LogP contribution >= 0.6 is 15.9 Å². The Morgan fingerprint density at radius 2 is 1.96 bits per heavy atom. The maximum Gasteiger partial charge on any atom is 0.329 e. The number of Topliss-reactive ketones (excluding diaryl/α,β-unsaturated/α-hetero) is 1. The van der Waals surface area contributed by atoms with Gasteiger partial charge in [0.2, 0.25) is 0 Å². The molecule has 0 saturated carbocycles. The number of aromatic nitrogens is 4. The second-order valence-electron chi connectivity index (χ2n) is 5.40. The van der Waals surface area contributed by atoms with E-state index in [1.165, 1.54) is 11.6 Å². The lowest BCUT2D eigenvalue weighted by Gasteiger charge is -2.17. The van der Waals surface area contributed by atoms with Crippen LogP contribution in [0.1, 0.15) is 29.7 Å². The van der Waals surface area contributed by atoms with Crippen LogP contribution in [0.4, 0.5) is 0 Å². The quantitative estimate of drug-likeness (QED) is 0.544. The van der Waals surface area contributed by atoms with Crippen LogP contribution in [0, 0.1) is 0 Å². The second kappa shape index (κ2) is 6.20. The Hall–Kier alpha value is -2.48. The predicted molar refractivity (Wildman–Crippen MR) is 93.4 cm³/mol. The highest BCUT2D eigenvalue weighted by molar-refractivity contribution is 9.10. The van der Waals surface area contributed by atoms with Gasteiger partial charge in [-0.3, -0.25) is 19.1 Å². The van der Waals surface area contributed by atoms with Crippen LogP contribution in [0.15, 0.2) is 44.7 Å². The minimum Gasteiger partial charge on any atom is -0.302 e. The number of hydrogen-bond acceptors (Lipinski definition) is 4. The molecule has 0 radical (unpaired) electrons. The highest BCUT2D eigenvalue weighted by Crippen LogP contribution is 2.26. The van der Waals surface area contributed by atoms with Crippen molar-refractivity contribution in [3.63, 3.8) is 0 Å². The van der Waals surface area contributed by atoms with Crippen molar-refractivity contribution in [2.24, 2.45) is 7.05 Å². The molecule has 0 aliphatic heterocycles. The summed E-state index contributed by atoms with van der Waals surface area (Å²) in [6, 6.07) is 8.27. The van der Waals surface area contributed by atoms with Crippen molar-refractivity contribution in [1.29, 1.82) is 0 Å². The van der Waals surface area contributed by atoms with Crippen molar-refractivity contribution in [3.8, 4) is 0 Å². The third-order valence-electron chi connectivity index (χ3n) is 3.97. The number of carbonyl (C=O) groups excluding carboxylic acids is 1. The van der Waals surface area contributed by atoms with Crippen molar-refractivity contribution < 1.29 is 4.79 Å². The van der Waals surface area contributed by atoms with Crippen LogP contribution in [0.3, 0.4) is 0 Å². The second-order valence-corrected chi connectivity index (χ2v) is 6.10. The maximum absolute atomic E-state index is 12.9. The number of rotatable bonds is 4. The standard InChI is InChI=1S/C16H15BrN4O3/c1-3-10(12(22)9-7-5-4-6-8-9)21-11-13(18-15(21)17)20(2)16(24)19-14(11)23/h4-8,10H,3H2,1-2H3,(H,19,23,24)/t10-/m0/s1. The van der Waals surface area contributed by atoms with Gasteiger partial charge in [-0.2, -0.15) is 0 Å². The summed E-state index contributed by atoms with van der Waals surface area (Å²) >= 11 is 3.32. The van der Waals surface area contributed by atoms with E-state index in [1.807, 2.05) is 13.0 Å². The van der Waals surface area contributed by atoms with Crippen LogP contribution in [0.25, 0.3) is 11.2 Å². The van der Waals surface area contributed by atoms with Crippen LogP contribution in [-0.2, 0) is 7.05 Å². The lowest BCUT2D eigenvalue weighted by molar-refractivity contribution is 0.0923. The summed E-state index contributed by atoms with van der Waals surface area (Å²) in [6.07, 6.45) is 0.472. The van der Waals surface area contributed by atoms with Gasteiger partial charge >= 0.3 is 5.69 Å². The smallest absolute Gasteiger partial charge is 0.302 e. The molecule has 124 valence electrons. The third kappa shape index (κ3) is 2.52. The van der Waals surface area contributed by atoms with E-state index in [2.05, 4.69) is 25.9 Å². The number of ketones is 1. The van der Waals surface area contributed by atoms with Gasteiger partial charge in [0.05, 0.1) is 6.04 Å². The number of nitrogens with zero attached hydrogens (tertiary/aromatic N) is 3. The summed E-state index contributed by atoms with van der Waals surface area (Å²) in [6.45, 7) is 1.86. The molecule has 0 spiro atoms. The zero-order valence-electron chi connectivity index (χ0n) is 13.1. The molecule has 8 heteroatoms. The number of aromatic amines is 1. The van der Waals surface area contributed by atoms with Crippen LogP contribution in [0.2, 0.25) is 0 Å². The maximum atomic E-state index is 12.9. The number of benzene rings is 1. The minimum absolute atomic E-state index is 0.119. The van der Waals surface area contributed by atoms with Crippen molar-refractivity contribution >= 4 is 32.9 Å². The first-order chi connectivity index (χ1) is 11.5. The number of fused-ring (bicyclic) bond motifs is 1. The molecular formula is C16H15BrN4O3. The number of halogens is 1. The Bertz CT molecular complexity index is 1030. The lowest BCUT2D eigenvalue weighted by atomic mass is 10.0. The Morgan fingerprint density at radius 1 is 1.29 bits per heavy atom. The van der Waals surface area contributed by atoms with Gasteiger partial charge in [-0.25, -0.2) is 9.78 Å². The van der Waals surface area contributed by atoms with E-state index in [-0.39, 0.29) is 16.9 Å². The van der Waals surface area contributed by atoms with E-state index in [4.69, 9.17) is 0 Å². The summed E-state index contributed by atoms with van der Waals surface area (Å²) in [7, 11) is 1.52. The molecule has 3 aromatic rings. The molecule has 2 heterocycles. The van der Waals surface area contributed by atoms with Crippen molar-refractivity contribution in [3.05, 3.63) is 61.5 Å². The SMILES string of the molecule is CC[C@@H](C(=O)c1ccccc1)n1c(Br)nc2c1c(=O)[nH]c(=O)n2C. The fourth-order valence-corrected chi connectivity index (χ4v) is 3.33. The van der Waals surface area contributed by atoms with Crippen molar-refractivity contribution in [2.75, 3.05) is 0 Å². The third-order valence-corrected chi connectivity index (χ3v) is 4.53. The van der Waals surface area contributed by atoms with Gasteiger partial charge in [-0.05, 0) is 22.4 Å². The largest absolute Gasteiger partial charge is 0.329 e. The van der Waals surface area contributed by atoms with Gasteiger partial charge in [-0.15, -0.1) is 0 Å². The highest BCUT2D eigenvalue weighted by atomic mass is 79.9. The van der Waals surface area contributed by atoms with E-state index < -0.39 is 17.3 Å². The molecule has 0 bridgehead atoms. The van der Waals surface area contributed by atoms with Crippen LogP contribution in [0.5, 0.6) is 0 Å². The fraction of sp³-hybridized carbons (Fsp3) is 0.250. The molecule has 0 saturated heterocycles. The van der Waals surface area contributed by atoms with Crippen LogP contribution < -0.4 is 11.2 Å². The van der Waals surface area contributed by atoms with E-state index in [1.54, 1.807) is 28.8 Å². The number of carbonyl (C=O) groups is 1. The van der Waals surface area contributed by atoms with E-state index in [0.29, 0.717) is 16.7 Å². The molecule has 1 N–H and O–H groups in total. The number of imidazole rings is 1. The number of aryl methyl sites for hydroxylation is 1. The van der Waals surface area contributed by atoms with E-state index in [0.717, 1.165) is 0 Å². The first-order valence-electron chi connectivity index (χ1n) is 7.41. The van der Waals surface area contributed by atoms with Gasteiger partial charge < -0.3 is 4.57 Å². The molecule has 1 aromatic carbocycles. The lowest BCUT2D eigenvalue weighted by Crippen LogP contribution is -2.30. The molecular weight excluding hydrogens is 376 g/mol. The van der Waals surface area contributed by atoms with Gasteiger partial charge in [0.15, 0.2) is 21.7 Å². The molecule has 2 aromatic heterocycles. The summed E-state index contributed by atoms with van der Waals surface area (Å²) < 4.78 is 3.13. The number of H-pyrrole nitrogens is 1. The van der Waals surface area contributed by atoms with E-state index >= 15 is 0 Å². The molecule has 0 aliphatic rings. The number of nitrogens with one attached hydrogen (secondary N) is 1. The zero-order valence-corrected chi connectivity index (χ0v) is 14.7. The Kier molecular flexibility index (Phi) is 4.23. The van der Waals surface area contributed by atoms with Crippen molar-refractivity contribution in [2.45, 2.75) is 19.4 Å². The Labute approximate surface area is 145 Å². The molecule has 0 amide bonds. The van der Waals surface area contributed by atoms with Gasteiger partial charge in [-0.1, -0.05) is 37.3 Å². The van der Waals surface area contributed by atoms with E-state index in [9.17, 15) is 14.4 Å². The molecule has 24 heavy (non-hydrogen) atoms. The average molecular weight is 391 g/mol. The topological polar surface area (TPSA) is 89.8 Å².